The monoisotopic (exact) mass is 316 g/mol. The van der Waals surface area contributed by atoms with Gasteiger partial charge in [-0.15, -0.1) is 0 Å². The third-order valence-electron chi connectivity index (χ3n) is 4.08. The van der Waals surface area contributed by atoms with Crippen molar-refractivity contribution in [1.29, 1.82) is 0 Å². The summed E-state index contributed by atoms with van der Waals surface area (Å²) in [6, 6.07) is 0. The van der Waals surface area contributed by atoms with E-state index < -0.39 is 0 Å². The van der Waals surface area contributed by atoms with Crippen molar-refractivity contribution in [3.8, 4) is 0 Å². The topological polar surface area (TPSA) is 44.8 Å². The highest BCUT2D eigenvalue weighted by atomic mass is 16.6. The van der Waals surface area contributed by atoms with Gasteiger partial charge in [0.05, 0.1) is 0 Å². The summed E-state index contributed by atoms with van der Waals surface area (Å²) >= 11 is 0. The Morgan fingerprint density at radius 1 is 1.05 bits per heavy atom. The van der Waals surface area contributed by atoms with Gasteiger partial charge in [-0.2, -0.15) is 0 Å². The molecule has 1 aliphatic carbocycles. The van der Waals surface area contributed by atoms with Crippen LogP contribution in [0.1, 0.15) is 60.8 Å². The van der Waals surface area contributed by atoms with Gasteiger partial charge < -0.3 is 14.2 Å². The van der Waals surface area contributed by atoms with Crippen molar-refractivity contribution in [2.24, 2.45) is 17.8 Å². The van der Waals surface area contributed by atoms with E-state index in [2.05, 4.69) is 20.8 Å². The van der Waals surface area contributed by atoms with E-state index in [0.29, 0.717) is 24.4 Å². The fourth-order valence-corrected chi connectivity index (χ4v) is 2.84. The summed E-state index contributed by atoms with van der Waals surface area (Å²) in [7, 11) is 0. The van der Waals surface area contributed by atoms with Gasteiger partial charge in [0, 0.05) is 19.8 Å². The molecular formula is C18H36O4. The van der Waals surface area contributed by atoms with Gasteiger partial charge in [-0.3, -0.25) is 0 Å². The van der Waals surface area contributed by atoms with Crippen molar-refractivity contribution in [2.75, 3.05) is 26.4 Å². The van der Waals surface area contributed by atoms with Crippen LogP contribution in [0, 0.1) is 17.8 Å². The van der Waals surface area contributed by atoms with Gasteiger partial charge >= 0.3 is 5.97 Å². The molecule has 1 rings (SSSR count). The first-order valence-electron chi connectivity index (χ1n) is 8.81. The minimum absolute atomic E-state index is 0.0895. The number of rotatable bonds is 7. The minimum atomic E-state index is -0.211. The summed E-state index contributed by atoms with van der Waals surface area (Å²) < 4.78 is 15.5. The molecule has 0 aliphatic heterocycles. The molecule has 0 saturated heterocycles. The van der Waals surface area contributed by atoms with Gasteiger partial charge in [-0.25, -0.2) is 4.79 Å². The van der Waals surface area contributed by atoms with Crippen molar-refractivity contribution in [3.05, 3.63) is 0 Å². The van der Waals surface area contributed by atoms with Crippen molar-refractivity contribution >= 4 is 5.97 Å². The molecule has 22 heavy (non-hydrogen) atoms. The zero-order valence-corrected chi connectivity index (χ0v) is 15.4. The molecule has 1 saturated carbocycles. The van der Waals surface area contributed by atoms with Crippen molar-refractivity contribution < 1.29 is 19.0 Å². The van der Waals surface area contributed by atoms with Crippen LogP contribution >= 0.6 is 0 Å². The fraction of sp³-hybridized carbons (Fsp3) is 0.944. The predicted octanol–water partition coefficient (Wildman–Crippen LogP) is 4.07. The summed E-state index contributed by atoms with van der Waals surface area (Å²) in [5, 5.41) is 0. The quantitative estimate of drug-likeness (QED) is 0.664. The van der Waals surface area contributed by atoms with Gasteiger partial charge in [0.1, 0.15) is 12.7 Å². The Balaban J connectivity index is 0.000000763. The standard InChI is InChI=1S/C14H26O3.C4H10O/c1-5-16-9-14(15)17-13-8-11(4)6-7-12(13)10(2)3;1-3-5-4-2/h10-13H,5-9H2,1-4H3;3-4H2,1-2H3. The molecule has 0 bridgehead atoms. The van der Waals surface area contributed by atoms with E-state index in [4.69, 9.17) is 14.2 Å². The summed E-state index contributed by atoms with van der Waals surface area (Å²) in [6.45, 7) is 14.9. The average molecular weight is 316 g/mol. The second-order valence-electron chi connectivity index (χ2n) is 6.27. The Kier molecular flexibility index (Phi) is 12.5. The van der Waals surface area contributed by atoms with Crippen LogP contribution < -0.4 is 0 Å². The molecule has 0 aromatic heterocycles. The van der Waals surface area contributed by atoms with Crippen molar-refractivity contribution in [1.82, 2.24) is 0 Å². The van der Waals surface area contributed by atoms with Gasteiger partial charge in [0.15, 0.2) is 0 Å². The lowest BCUT2D eigenvalue weighted by Gasteiger charge is -2.36. The molecule has 0 aromatic rings. The van der Waals surface area contributed by atoms with Crippen molar-refractivity contribution in [3.63, 3.8) is 0 Å². The molecule has 0 radical (unpaired) electrons. The third-order valence-corrected chi connectivity index (χ3v) is 4.08. The second-order valence-corrected chi connectivity index (χ2v) is 6.27. The normalized spacial score (nSPS) is 24.6. The first-order valence-corrected chi connectivity index (χ1v) is 8.81. The van der Waals surface area contributed by atoms with E-state index in [0.717, 1.165) is 19.6 Å². The summed E-state index contributed by atoms with van der Waals surface area (Å²) in [5.74, 6) is 1.54. The maximum Gasteiger partial charge on any atom is 0.332 e. The van der Waals surface area contributed by atoms with E-state index in [1.54, 1.807) is 0 Å². The highest BCUT2D eigenvalue weighted by Gasteiger charge is 2.33. The smallest absolute Gasteiger partial charge is 0.332 e. The average Bonchev–Trinajstić information content (AvgIpc) is 2.46. The molecule has 4 nitrogen and oxygen atoms in total. The van der Waals surface area contributed by atoms with Crippen LogP contribution in [-0.4, -0.2) is 38.5 Å². The van der Waals surface area contributed by atoms with Gasteiger partial charge in [-0.05, 0) is 51.4 Å². The lowest BCUT2D eigenvalue weighted by Crippen LogP contribution is -2.36. The van der Waals surface area contributed by atoms with E-state index >= 15 is 0 Å². The highest BCUT2D eigenvalue weighted by Crippen LogP contribution is 2.35. The number of carbonyl (C=O) groups is 1. The third kappa shape index (κ3) is 9.42. The Hall–Kier alpha value is -0.610. The van der Waals surface area contributed by atoms with E-state index in [-0.39, 0.29) is 18.7 Å². The lowest BCUT2D eigenvalue weighted by molar-refractivity contribution is -0.161. The number of esters is 1. The molecule has 1 aliphatic rings. The van der Waals surface area contributed by atoms with Gasteiger partial charge in [-0.1, -0.05) is 27.2 Å². The van der Waals surface area contributed by atoms with Crippen LogP contribution in [0.2, 0.25) is 0 Å². The number of hydrogen-bond acceptors (Lipinski definition) is 4. The highest BCUT2D eigenvalue weighted by molar-refractivity contribution is 5.70. The first kappa shape index (κ1) is 21.4. The molecule has 0 aromatic carbocycles. The van der Waals surface area contributed by atoms with Crippen molar-refractivity contribution in [2.45, 2.75) is 66.9 Å². The SMILES string of the molecule is CCOCC.CCOCC(=O)OC1CC(C)CCC1C(C)C. The van der Waals surface area contributed by atoms with Crippen LogP contribution in [0.3, 0.4) is 0 Å². The molecule has 1 fully saturated rings. The predicted molar refractivity (Wildman–Crippen MR) is 89.9 cm³/mol. The Bertz CT molecular complexity index is 276. The van der Waals surface area contributed by atoms with E-state index in [1.165, 1.54) is 12.8 Å². The molecule has 0 N–H and O–H groups in total. The van der Waals surface area contributed by atoms with Gasteiger partial charge in [0.2, 0.25) is 0 Å². The van der Waals surface area contributed by atoms with Crippen LogP contribution in [0.25, 0.3) is 0 Å². The first-order chi connectivity index (χ1) is 10.5. The Morgan fingerprint density at radius 3 is 2.09 bits per heavy atom. The number of ether oxygens (including phenoxy) is 3. The van der Waals surface area contributed by atoms with Crippen LogP contribution in [0.15, 0.2) is 0 Å². The zero-order chi connectivity index (χ0) is 17.0. The van der Waals surface area contributed by atoms with Gasteiger partial charge in [0.25, 0.3) is 0 Å². The molecule has 0 amide bonds. The Labute approximate surface area is 136 Å². The molecule has 4 heteroatoms. The molecule has 0 heterocycles. The molecular weight excluding hydrogens is 280 g/mol. The molecule has 3 unspecified atom stereocenters. The second kappa shape index (κ2) is 12.9. The number of carbonyl (C=O) groups excluding carboxylic acids is 1. The van der Waals surface area contributed by atoms with E-state index in [1.807, 2.05) is 20.8 Å². The maximum atomic E-state index is 11.6. The van der Waals surface area contributed by atoms with Crippen LogP contribution in [-0.2, 0) is 19.0 Å². The van der Waals surface area contributed by atoms with Crippen LogP contribution in [0.5, 0.6) is 0 Å². The maximum absolute atomic E-state index is 11.6. The summed E-state index contributed by atoms with van der Waals surface area (Å²) in [6.07, 6.45) is 3.51. The molecule has 132 valence electrons. The largest absolute Gasteiger partial charge is 0.460 e. The fourth-order valence-electron chi connectivity index (χ4n) is 2.84. The lowest BCUT2D eigenvalue weighted by atomic mass is 9.75. The Morgan fingerprint density at radius 2 is 1.64 bits per heavy atom. The summed E-state index contributed by atoms with van der Waals surface area (Å²) in [5.41, 5.74) is 0. The zero-order valence-electron chi connectivity index (χ0n) is 15.4. The van der Waals surface area contributed by atoms with Crippen LogP contribution in [0.4, 0.5) is 0 Å². The number of hydrogen-bond donors (Lipinski definition) is 0. The van der Waals surface area contributed by atoms with E-state index in [9.17, 15) is 4.79 Å². The minimum Gasteiger partial charge on any atom is -0.460 e. The molecule has 3 atom stereocenters. The summed E-state index contributed by atoms with van der Waals surface area (Å²) in [4.78, 5) is 11.6. The molecule has 0 spiro atoms.